The van der Waals surface area contributed by atoms with Gasteiger partial charge < -0.3 is 15.2 Å². The summed E-state index contributed by atoms with van der Waals surface area (Å²) in [4.78, 5) is 22.3. The van der Waals surface area contributed by atoms with Crippen molar-refractivity contribution in [2.75, 3.05) is 18.5 Å². The number of hydrogen-bond acceptors (Lipinski definition) is 4. The molecular formula is C13H18N2O4. The molecule has 0 aliphatic heterocycles. The molecular weight excluding hydrogens is 248 g/mol. The van der Waals surface area contributed by atoms with E-state index in [1.54, 1.807) is 18.2 Å². The number of nitrogens with one attached hydrogen (secondary N) is 2. The van der Waals surface area contributed by atoms with E-state index >= 15 is 0 Å². The Bertz CT molecular complexity index is 448. The van der Waals surface area contributed by atoms with Gasteiger partial charge in [-0.3, -0.25) is 14.9 Å². The Morgan fingerprint density at radius 2 is 2.05 bits per heavy atom. The average molecular weight is 266 g/mol. The van der Waals surface area contributed by atoms with Crippen molar-refractivity contribution in [2.24, 2.45) is 0 Å². The summed E-state index contributed by atoms with van der Waals surface area (Å²) in [5.74, 6) is -0.729. The van der Waals surface area contributed by atoms with Gasteiger partial charge >= 0.3 is 5.97 Å². The van der Waals surface area contributed by atoms with Gasteiger partial charge in [0.1, 0.15) is 11.8 Å². The van der Waals surface area contributed by atoms with Gasteiger partial charge in [0.25, 0.3) is 0 Å². The lowest BCUT2D eigenvalue weighted by molar-refractivity contribution is -0.139. The smallest absolute Gasteiger partial charge is 0.320 e. The summed E-state index contributed by atoms with van der Waals surface area (Å²) >= 11 is 0. The number of rotatable bonds is 7. The Labute approximate surface area is 111 Å². The molecule has 104 valence electrons. The van der Waals surface area contributed by atoms with Crippen LogP contribution in [0.3, 0.4) is 0 Å². The van der Waals surface area contributed by atoms with Gasteiger partial charge in [0.2, 0.25) is 5.91 Å². The molecule has 1 amide bonds. The van der Waals surface area contributed by atoms with Crippen LogP contribution in [0.4, 0.5) is 5.69 Å². The Hall–Kier alpha value is -2.08. The van der Waals surface area contributed by atoms with Gasteiger partial charge in [-0.2, -0.15) is 0 Å². The topological polar surface area (TPSA) is 87.7 Å². The van der Waals surface area contributed by atoms with E-state index in [4.69, 9.17) is 9.84 Å². The van der Waals surface area contributed by atoms with Crippen molar-refractivity contribution in [1.82, 2.24) is 5.32 Å². The summed E-state index contributed by atoms with van der Waals surface area (Å²) in [5.41, 5.74) is 0.569. The minimum Gasteiger partial charge on any atom is -0.492 e. The quantitative estimate of drug-likeness (QED) is 0.687. The van der Waals surface area contributed by atoms with Crippen LogP contribution >= 0.6 is 0 Å². The molecule has 6 nitrogen and oxygen atoms in total. The van der Waals surface area contributed by atoms with Gasteiger partial charge in [0.15, 0.2) is 0 Å². The molecule has 1 atom stereocenters. The Morgan fingerprint density at radius 3 is 2.68 bits per heavy atom. The molecule has 0 aromatic heterocycles. The zero-order valence-corrected chi connectivity index (χ0v) is 11.0. The van der Waals surface area contributed by atoms with Crippen molar-refractivity contribution in [2.45, 2.75) is 19.9 Å². The molecule has 1 aromatic carbocycles. The number of ether oxygens (including phenoxy) is 1. The van der Waals surface area contributed by atoms with Crippen molar-refractivity contribution < 1.29 is 19.4 Å². The predicted octanol–water partition coefficient (Wildman–Crippen LogP) is 1.09. The lowest BCUT2D eigenvalue weighted by Gasteiger charge is -2.12. The third-order valence-electron chi connectivity index (χ3n) is 2.40. The number of carbonyl (C=O) groups is 2. The summed E-state index contributed by atoms with van der Waals surface area (Å²) in [7, 11) is 0. The second-order valence-corrected chi connectivity index (χ2v) is 3.92. The van der Waals surface area contributed by atoms with Gasteiger partial charge in [0.05, 0.1) is 18.8 Å². The summed E-state index contributed by atoms with van der Waals surface area (Å²) in [6.45, 7) is 3.76. The Balaban J connectivity index is 2.55. The first-order valence-electron chi connectivity index (χ1n) is 6.02. The number of para-hydroxylation sites is 2. The summed E-state index contributed by atoms with van der Waals surface area (Å²) < 4.78 is 5.37. The van der Waals surface area contributed by atoms with Gasteiger partial charge in [0, 0.05) is 0 Å². The fourth-order valence-electron chi connectivity index (χ4n) is 1.38. The van der Waals surface area contributed by atoms with E-state index in [1.807, 2.05) is 13.0 Å². The van der Waals surface area contributed by atoms with Gasteiger partial charge in [-0.1, -0.05) is 12.1 Å². The normalized spacial score (nSPS) is 11.7. The van der Waals surface area contributed by atoms with E-state index in [0.29, 0.717) is 18.0 Å². The number of carboxylic acid groups (broad SMARTS) is 1. The van der Waals surface area contributed by atoms with Crippen molar-refractivity contribution in [3.8, 4) is 5.75 Å². The zero-order valence-electron chi connectivity index (χ0n) is 11.0. The second-order valence-electron chi connectivity index (χ2n) is 3.92. The molecule has 0 heterocycles. The predicted molar refractivity (Wildman–Crippen MR) is 71.3 cm³/mol. The number of hydrogen-bond donors (Lipinski definition) is 3. The van der Waals surface area contributed by atoms with Crippen molar-refractivity contribution in [3.63, 3.8) is 0 Å². The van der Waals surface area contributed by atoms with Crippen molar-refractivity contribution >= 4 is 17.6 Å². The maximum atomic E-state index is 11.7. The van der Waals surface area contributed by atoms with E-state index in [2.05, 4.69) is 10.6 Å². The molecule has 6 heteroatoms. The van der Waals surface area contributed by atoms with E-state index in [-0.39, 0.29) is 12.5 Å². The highest BCUT2D eigenvalue weighted by atomic mass is 16.5. The molecule has 0 spiro atoms. The molecule has 0 aliphatic rings. The monoisotopic (exact) mass is 266 g/mol. The minimum absolute atomic E-state index is 0.0755. The highest BCUT2D eigenvalue weighted by Crippen LogP contribution is 2.23. The molecule has 1 rings (SSSR count). The maximum absolute atomic E-state index is 11.7. The second kappa shape index (κ2) is 7.38. The van der Waals surface area contributed by atoms with Crippen LogP contribution in [0.25, 0.3) is 0 Å². The summed E-state index contributed by atoms with van der Waals surface area (Å²) in [5, 5.41) is 14.0. The van der Waals surface area contributed by atoms with Crippen LogP contribution in [0.15, 0.2) is 24.3 Å². The van der Waals surface area contributed by atoms with E-state index < -0.39 is 12.0 Å². The number of amides is 1. The molecule has 0 saturated carbocycles. The SMILES string of the molecule is CCOc1ccccc1NC(=O)CN[C@H](C)C(=O)O. The third kappa shape index (κ3) is 4.97. The third-order valence-corrected chi connectivity index (χ3v) is 2.40. The first kappa shape index (κ1) is 15.0. The number of carboxylic acids is 1. The van der Waals surface area contributed by atoms with E-state index in [0.717, 1.165) is 0 Å². The number of carbonyl (C=O) groups excluding carboxylic acids is 1. The molecule has 0 unspecified atom stereocenters. The summed E-state index contributed by atoms with van der Waals surface area (Å²) in [6, 6.07) is 6.31. The minimum atomic E-state index is -0.998. The van der Waals surface area contributed by atoms with Gasteiger partial charge in [-0.05, 0) is 26.0 Å². The van der Waals surface area contributed by atoms with Crippen LogP contribution in [0.1, 0.15) is 13.8 Å². The van der Waals surface area contributed by atoms with Crippen LogP contribution in [-0.4, -0.2) is 36.2 Å². The molecule has 0 fully saturated rings. The molecule has 19 heavy (non-hydrogen) atoms. The molecule has 0 saturated heterocycles. The van der Waals surface area contributed by atoms with Crippen LogP contribution < -0.4 is 15.4 Å². The Morgan fingerprint density at radius 1 is 1.37 bits per heavy atom. The molecule has 3 N–H and O–H groups in total. The number of benzene rings is 1. The summed E-state index contributed by atoms with van der Waals surface area (Å²) in [6.07, 6.45) is 0. The van der Waals surface area contributed by atoms with Crippen LogP contribution in [0.2, 0.25) is 0 Å². The van der Waals surface area contributed by atoms with Crippen molar-refractivity contribution in [1.29, 1.82) is 0 Å². The molecule has 0 radical (unpaired) electrons. The lowest BCUT2D eigenvalue weighted by atomic mass is 10.3. The van der Waals surface area contributed by atoms with E-state index in [9.17, 15) is 9.59 Å². The van der Waals surface area contributed by atoms with Gasteiger partial charge in [-0.15, -0.1) is 0 Å². The molecule has 0 aliphatic carbocycles. The fourth-order valence-corrected chi connectivity index (χ4v) is 1.38. The molecule has 1 aromatic rings. The first-order chi connectivity index (χ1) is 9.04. The largest absolute Gasteiger partial charge is 0.492 e. The van der Waals surface area contributed by atoms with Crippen LogP contribution in [0, 0.1) is 0 Å². The first-order valence-corrected chi connectivity index (χ1v) is 6.02. The number of aliphatic carboxylic acids is 1. The lowest BCUT2D eigenvalue weighted by Crippen LogP contribution is -2.39. The van der Waals surface area contributed by atoms with Gasteiger partial charge in [-0.25, -0.2) is 0 Å². The highest BCUT2D eigenvalue weighted by Gasteiger charge is 2.12. The Kier molecular flexibility index (Phi) is 5.81. The van der Waals surface area contributed by atoms with Crippen LogP contribution in [0.5, 0.6) is 5.75 Å². The standard InChI is InChI=1S/C13H18N2O4/c1-3-19-11-7-5-4-6-10(11)15-12(16)8-14-9(2)13(17)18/h4-7,9,14H,3,8H2,1-2H3,(H,15,16)(H,17,18)/t9-/m1/s1. The van der Waals surface area contributed by atoms with Crippen molar-refractivity contribution in [3.05, 3.63) is 24.3 Å². The number of anilines is 1. The highest BCUT2D eigenvalue weighted by molar-refractivity contribution is 5.94. The zero-order chi connectivity index (χ0) is 14.3. The average Bonchev–Trinajstić information content (AvgIpc) is 2.38. The molecule has 0 bridgehead atoms. The fraction of sp³-hybridized carbons (Fsp3) is 0.385. The van der Waals surface area contributed by atoms with Crippen LogP contribution in [-0.2, 0) is 9.59 Å². The van der Waals surface area contributed by atoms with E-state index in [1.165, 1.54) is 6.92 Å². The maximum Gasteiger partial charge on any atom is 0.320 e.